The van der Waals surface area contributed by atoms with Crippen LogP contribution >= 0.6 is 0 Å². The predicted molar refractivity (Wildman–Crippen MR) is 82.9 cm³/mol. The molecule has 3 heteroatoms. The normalized spacial score (nSPS) is 25.1. The lowest BCUT2D eigenvalue weighted by atomic mass is 9.76. The van der Waals surface area contributed by atoms with Gasteiger partial charge in [-0.25, -0.2) is 0 Å². The van der Waals surface area contributed by atoms with E-state index in [4.69, 9.17) is 4.74 Å². The van der Waals surface area contributed by atoms with Gasteiger partial charge in [-0.05, 0) is 48.6 Å². The van der Waals surface area contributed by atoms with Gasteiger partial charge in [0, 0.05) is 6.54 Å². The lowest BCUT2D eigenvalue weighted by Crippen LogP contribution is -2.44. The van der Waals surface area contributed by atoms with Gasteiger partial charge >= 0.3 is 5.97 Å². The van der Waals surface area contributed by atoms with Crippen molar-refractivity contribution < 1.29 is 9.53 Å². The number of hydrogen-bond acceptors (Lipinski definition) is 3. The summed E-state index contributed by atoms with van der Waals surface area (Å²) >= 11 is 0. The molecule has 21 heavy (non-hydrogen) atoms. The monoisotopic (exact) mass is 287 g/mol. The molecule has 114 valence electrons. The third-order valence-electron chi connectivity index (χ3n) is 4.93. The van der Waals surface area contributed by atoms with E-state index in [0.717, 1.165) is 38.6 Å². The van der Waals surface area contributed by atoms with Gasteiger partial charge in [0.05, 0.1) is 0 Å². The van der Waals surface area contributed by atoms with Gasteiger partial charge in [-0.1, -0.05) is 38.1 Å². The molecule has 1 N–H and O–H groups in total. The fraction of sp³-hybridized carbons (Fsp3) is 0.611. The molecule has 1 atom stereocenters. The van der Waals surface area contributed by atoms with Crippen LogP contribution in [0.4, 0.5) is 0 Å². The molecule has 0 radical (unpaired) electrons. The van der Waals surface area contributed by atoms with Gasteiger partial charge in [0.1, 0.15) is 12.1 Å². The third kappa shape index (κ3) is 3.46. The molecule has 3 rings (SSSR count). The maximum atomic E-state index is 12.4. The number of rotatable bonds is 2. The Kier molecular flexibility index (Phi) is 4.03. The zero-order valence-electron chi connectivity index (χ0n) is 13.0. The summed E-state index contributed by atoms with van der Waals surface area (Å²) in [7, 11) is 0. The van der Waals surface area contributed by atoms with Gasteiger partial charge in [0.2, 0.25) is 0 Å². The third-order valence-corrected chi connectivity index (χ3v) is 4.93. The molecule has 2 aliphatic rings. The lowest BCUT2D eigenvalue weighted by Gasteiger charge is -2.35. The van der Waals surface area contributed by atoms with Crippen molar-refractivity contribution in [2.75, 3.05) is 0 Å². The number of carbonyl (C=O) groups is 1. The Hall–Kier alpha value is -1.35. The highest BCUT2D eigenvalue weighted by atomic mass is 16.5. The van der Waals surface area contributed by atoms with Crippen LogP contribution in [-0.4, -0.2) is 18.1 Å². The number of ether oxygens (including phenoxy) is 1. The molecule has 0 amide bonds. The van der Waals surface area contributed by atoms with Gasteiger partial charge in [-0.15, -0.1) is 0 Å². The first-order valence-corrected chi connectivity index (χ1v) is 8.04. The molecule has 1 aliphatic carbocycles. The Bertz CT molecular complexity index is 514. The molecule has 3 nitrogen and oxygen atoms in total. The summed E-state index contributed by atoms with van der Waals surface area (Å²) in [6, 6.07) is 8.13. The molecule has 1 unspecified atom stereocenters. The van der Waals surface area contributed by atoms with Gasteiger partial charge in [-0.3, -0.25) is 4.79 Å². The summed E-state index contributed by atoms with van der Waals surface area (Å²) in [4.78, 5) is 12.4. The summed E-state index contributed by atoms with van der Waals surface area (Å²) in [6.45, 7) is 5.35. The minimum Gasteiger partial charge on any atom is -0.461 e. The van der Waals surface area contributed by atoms with Crippen LogP contribution < -0.4 is 5.32 Å². The van der Waals surface area contributed by atoms with Crippen LogP contribution in [-0.2, 0) is 22.5 Å². The summed E-state index contributed by atoms with van der Waals surface area (Å²) in [6.07, 6.45) is 5.15. The second kappa shape index (κ2) is 5.80. The molecular formula is C18H25NO2. The van der Waals surface area contributed by atoms with E-state index in [1.807, 2.05) is 12.1 Å². The van der Waals surface area contributed by atoms with E-state index >= 15 is 0 Å². The van der Waals surface area contributed by atoms with E-state index in [9.17, 15) is 4.79 Å². The van der Waals surface area contributed by atoms with Crippen molar-refractivity contribution >= 4 is 5.97 Å². The number of esters is 1. The second-order valence-corrected chi connectivity index (χ2v) is 7.21. The number of fused-ring (bicyclic) bond motifs is 1. The molecule has 1 fully saturated rings. The molecule has 0 bridgehead atoms. The quantitative estimate of drug-likeness (QED) is 0.849. The largest absolute Gasteiger partial charge is 0.461 e. The number of hydrogen-bond donors (Lipinski definition) is 1. The topological polar surface area (TPSA) is 38.3 Å². The SMILES string of the molecule is CC1(C)CCC(OC(=O)C2Cc3ccccc3CN2)CC1. The number of nitrogens with one attached hydrogen (secondary N) is 1. The summed E-state index contributed by atoms with van der Waals surface area (Å²) < 4.78 is 5.74. The van der Waals surface area contributed by atoms with Crippen molar-refractivity contribution in [1.29, 1.82) is 0 Å². The summed E-state index contributed by atoms with van der Waals surface area (Å²) in [5, 5.41) is 3.31. The van der Waals surface area contributed by atoms with Crippen molar-refractivity contribution in [2.45, 2.75) is 64.6 Å². The molecule has 1 heterocycles. The second-order valence-electron chi connectivity index (χ2n) is 7.21. The summed E-state index contributed by atoms with van der Waals surface area (Å²) in [5.74, 6) is -0.0748. The van der Waals surface area contributed by atoms with Crippen LogP contribution in [0.5, 0.6) is 0 Å². The van der Waals surface area contributed by atoms with Crippen LogP contribution in [0, 0.1) is 5.41 Å². The van der Waals surface area contributed by atoms with E-state index in [1.54, 1.807) is 0 Å². The fourth-order valence-corrected chi connectivity index (χ4v) is 3.36. The Balaban J connectivity index is 1.55. The molecule has 0 spiro atoms. The standard InChI is InChI=1S/C18H25NO2/c1-18(2)9-7-15(8-10-18)21-17(20)16-11-13-5-3-4-6-14(13)12-19-16/h3-6,15-16,19H,7-12H2,1-2H3. The van der Waals surface area contributed by atoms with Gasteiger partial charge in [0.15, 0.2) is 0 Å². The van der Waals surface area contributed by atoms with Crippen LogP contribution in [0.3, 0.4) is 0 Å². The van der Waals surface area contributed by atoms with E-state index in [-0.39, 0.29) is 18.1 Å². The van der Waals surface area contributed by atoms with Gasteiger partial charge in [-0.2, -0.15) is 0 Å². The van der Waals surface area contributed by atoms with Crippen molar-refractivity contribution in [2.24, 2.45) is 5.41 Å². The molecule has 1 saturated carbocycles. The van der Waals surface area contributed by atoms with E-state index in [1.165, 1.54) is 11.1 Å². The molecule has 1 aromatic rings. The summed E-state index contributed by atoms with van der Waals surface area (Å²) in [5.41, 5.74) is 2.97. The minimum atomic E-state index is -0.185. The average molecular weight is 287 g/mol. The molecular weight excluding hydrogens is 262 g/mol. The fourth-order valence-electron chi connectivity index (χ4n) is 3.36. The maximum absolute atomic E-state index is 12.4. The zero-order valence-corrected chi connectivity index (χ0v) is 13.0. The van der Waals surface area contributed by atoms with Gasteiger partial charge in [0.25, 0.3) is 0 Å². The van der Waals surface area contributed by atoms with E-state index < -0.39 is 0 Å². The van der Waals surface area contributed by atoms with Crippen molar-refractivity contribution in [3.8, 4) is 0 Å². The molecule has 1 aliphatic heterocycles. The molecule has 0 saturated heterocycles. The van der Waals surface area contributed by atoms with E-state index in [0.29, 0.717) is 5.41 Å². The highest BCUT2D eigenvalue weighted by Crippen LogP contribution is 2.36. The average Bonchev–Trinajstić information content (AvgIpc) is 2.49. The van der Waals surface area contributed by atoms with Crippen LogP contribution in [0.25, 0.3) is 0 Å². The maximum Gasteiger partial charge on any atom is 0.323 e. The smallest absolute Gasteiger partial charge is 0.323 e. The number of benzene rings is 1. The number of carbonyl (C=O) groups excluding carboxylic acids is 1. The first-order chi connectivity index (χ1) is 10.0. The Labute approximate surface area is 127 Å². The highest BCUT2D eigenvalue weighted by molar-refractivity contribution is 5.77. The minimum absolute atomic E-state index is 0.0748. The Morgan fingerprint density at radius 3 is 2.57 bits per heavy atom. The van der Waals surface area contributed by atoms with Crippen molar-refractivity contribution in [3.63, 3.8) is 0 Å². The van der Waals surface area contributed by atoms with Crippen molar-refractivity contribution in [3.05, 3.63) is 35.4 Å². The van der Waals surface area contributed by atoms with Gasteiger partial charge < -0.3 is 10.1 Å². The van der Waals surface area contributed by atoms with E-state index in [2.05, 4.69) is 31.3 Å². The Morgan fingerprint density at radius 2 is 1.86 bits per heavy atom. The van der Waals surface area contributed by atoms with Crippen LogP contribution in [0.1, 0.15) is 50.7 Å². The predicted octanol–water partition coefficient (Wildman–Crippen LogP) is 3.21. The first kappa shape index (κ1) is 14.6. The lowest BCUT2D eigenvalue weighted by molar-refractivity contribution is -0.154. The zero-order chi connectivity index (χ0) is 14.9. The van der Waals surface area contributed by atoms with Crippen LogP contribution in [0.2, 0.25) is 0 Å². The Morgan fingerprint density at radius 1 is 1.19 bits per heavy atom. The molecule has 1 aromatic carbocycles. The highest BCUT2D eigenvalue weighted by Gasteiger charge is 2.31. The first-order valence-electron chi connectivity index (χ1n) is 8.04. The van der Waals surface area contributed by atoms with Crippen LogP contribution in [0.15, 0.2) is 24.3 Å². The molecule has 0 aromatic heterocycles. The van der Waals surface area contributed by atoms with Crippen molar-refractivity contribution in [1.82, 2.24) is 5.32 Å².